The molecule has 0 aliphatic rings. The van der Waals surface area contributed by atoms with E-state index in [1.165, 1.54) is 11.1 Å². The van der Waals surface area contributed by atoms with Crippen LogP contribution in [0, 0.1) is 0 Å². The number of rotatable bonds is 5. The van der Waals surface area contributed by atoms with E-state index < -0.39 is 0 Å². The van der Waals surface area contributed by atoms with Gasteiger partial charge in [-0.25, -0.2) is 0 Å². The molecule has 0 amide bonds. The highest BCUT2D eigenvalue weighted by molar-refractivity contribution is 5.50. The second-order valence-electron chi connectivity index (χ2n) is 3.20. The Morgan fingerprint density at radius 2 is 2.21 bits per heavy atom. The van der Waals surface area contributed by atoms with Crippen LogP contribution in [0.3, 0.4) is 0 Å². The fourth-order valence-electron chi connectivity index (χ4n) is 1.30. The van der Waals surface area contributed by atoms with Gasteiger partial charge >= 0.3 is 0 Å². The molecule has 0 spiro atoms. The molecule has 0 saturated carbocycles. The number of benzene rings is 1. The van der Waals surface area contributed by atoms with Gasteiger partial charge in [0.25, 0.3) is 0 Å². The third-order valence-corrected chi connectivity index (χ3v) is 2.00. The first-order valence-corrected chi connectivity index (χ1v) is 4.93. The second-order valence-corrected chi connectivity index (χ2v) is 3.20. The van der Waals surface area contributed by atoms with Crippen molar-refractivity contribution < 1.29 is 5.11 Å². The van der Waals surface area contributed by atoms with Crippen LogP contribution in [0.1, 0.15) is 17.5 Å². The van der Waals surface area contributed by atoms with Crippen molar-refractivity contribution in [3.05, 3.63) is 41.5 Å². The third-order valence-electron chi connectivity index (χ3n) is 2.00. The standard InChI is InChI=1S/C12H17NO/c13-8-2-1-4-11-5-3-6-12(10-11)7-9-14/h1,3-6,10,14H,2,7-9,13H2. The first-order valence-electron chi connectivity index (χ1n) is 4.93. The van der Waals surface area contributed by atoms with Gasteiger partial charge in [0.2, 0.25) is 0 Å². The van der Waals surface area contributed by atoms with Crippen molar-refractivity contribution in [2.24, 2.45) is 5.73 Å². The Morgan fingerprint density at radius 1 is 1.36 bits per heavy atom. The number of aliphatic hydroxyl groups is 1. The van der Waals surface area contributed by atoms with Gasteiger partial charge in [-0.05, 0) is 30.5 Å². The first kappa shape index (κ1) is 11.0. The Morgan fingerprint density at radius 3 is 2.93 bits per heavy atom. The lowest BCUT2D eigenvalue weighted by atomic mass is 10.1. The minimum atomic E-state index is 0.204. The summed E-state index contributed by atoms with van der Waals surface area (Å²) in [5.74, 6) is 0. The molecule has 0 atom stereocenters. The van der Waals surface area contributed by atoms with Gasteiger partial charge in [0.15, 0.2) is 0 Å². The lowest BCUT2D eigenvalue weighted by Crippen LogP contribution is -1.95. The van der Waals surface area contributed by atoms with E-state index in [0.717, 1.165) is 12.8 Å². The molecule has 0 bridgehead atoms. The van der Waals surface area contributed by atoms with Gasteiger partial charge in [-0.15, -0.1) is 0 Å². The smallest absolute Gasteiger partial charge is 0.0471 e. The summed E-state index contributed by atoms with van der Waals surface area (Å²) in [6, 6.07) is 8.17. The SMILES string of the molecule is NCCC=Cc1cccc(CCO)c1. The highest BCUT2D eigenvalue weighted by Crippen LogP contribution is 2.07. The van der Waals surface area contributed by atoms with Crippen molar-refractivity contribution >= 4 is 6.08 Å². The lowest BCUT2D eigenvalue weighted by molar-refractivity contribution is 0.299. The van der Waals surface area contributed by atoms with Crippen LogP contribution in [-0.2, 0) is 6.42 Å². The number of hydrogen-bond donors (Lipinski definition) is 2. The van der Waals surface area contributed by atoms with Gasteiger partial charge < -0.3 is 10.8 Å². The van der Waals surface area contributed by atoms with E-state index in [1.807, 2.05) is 18.2 Å². The molecule has 0 fully saturated rings. The van der Waals surface area contributed by atoms with Crippen molar-refractivity contribution in [3.63, 3.8) is 0 Å². The summed E-state index contributed by atoms with van der Waals surface area (Å²) in [6.45, 7) is 0.892. The maximum absolute atomic E-state index is 8.79. The quantitative estimate of drug-likeness (QED) is 0.742. The molecule has 1 rings (SSSR count). The van der Waals surface area contributed by atoms with Gasteiger partial charge in [0.1, 0.15) is 0 Å². The minimum absolute atomic E-state index is 0.204. The molecule has 0 heterocycles. The molecule has 0 aliphatic heterocycles. The van der Waals surface area contributed by atoms with E-state index in [2.05, 4.69) is 18.2 Å². The van der Waals surface area contributed by atoms with Crippen molar-refractivity contribution in [3.8, 4) is 0 Å². The molecule has 76 valence electrons. The largest absolute Gasteiger partial charge is 0.396 e. The van der Waals surface area contributed by atoms with Gasteiger partial charge in [-0.3, -0.25) is 0 Å². The summed E-state index contributed by atoms with van der Waals surface area (Å²) >= 11 is 0. The van der Waals surface area contributed by atoms with Gasteiger partial charge in [0.05, 0.1) is 0 Å². The highest BCUT2D eigenvalue weighted by atomic mass is 16.2. The van der Waals surface area contributed by atoms with Crippen LogP contribution in [0.15, 0.2) is 30.3 Å². The Balaban J connectivity index is 2.63. The molecule has 1 aromatic rings. The van der Waals surface area contributed by atoms with Crippen LogP contribution >= 0.6 is 0 Å². The predicted molar refractivity (Wildman–Crippen MR) is 59.9 cm³/mol. The zero-order valence-corrected chi connectivity index (χ0v) is 8.32. The normalized spacial score (nSPS) is 11.0. The average molecular weight is 191 g/mol. The molecule has 0 aromatic heterocycles. The molecule has 0 radical (unpaired) electrons. The van der Waals surface area contributed by atoms with Crippen LogP contribution < -0.4 is 5.73 Å². The van der Waals surface area contributed by atoms with Crippen LogP contribution in [0.2, 0.25) is 0 Å². The van der Waals surface area contributed by atoms with E-state index >= 15 is 0 Å². The maximum Gasteiger partial charge on any atom is 0.0471 e. The van der Waals surface area contributed by atoms with Gasteiger partial charge in [-0.2, -0.15) is 0 Å². The average Bonchev–Trinajstić information content (AvgIpc) is 2.19. The van der Waals surface area contributed by atoms with Crippen LogP contribution in [0.4, 0.5) is 0 Å². The van der Waals surface area contributed by atoms with E-state index in [1.54, 1.807) is 0 Å². The van der Waals surface area contributed by atoms with E-state index in [9.17, 15) is 0 Å². The Kier molecular flexibility index (Phi) is 4.97. The summed E-state index contributed by atoms with van der Waals surface area (Å²) in [5.41, 5.74) is 7.73. The molecule has 1 aromatic carbocycles. The Labute approximate surface area is 85.1 Å². The zero-order valence-electron chi connectivity index (χ0n) is 8.32. The van der Waals surface area contributed by atoms with E-state index in [0.29, 0.717) is 6.54 Å². The molecule has 0 aliphatic carbocycles. The summed E-state index contributed by atoms with van der Waals surface area (Å²) in [6.07, 6.45) is 5.76. The monoisotopic (exact) mass is 191 g/mol. The molecule has 0 unspecified atom stereocenters. The van der Waals surface area contributed by atoms with Crippen molar-refractivity contribution in [1.82, 2.24) is 0 Å². The Bertz CT molecular complexity index is 294. The van der Waals surface area contributed by atoms with Crippen molar-refractivity contribution in [2.75, 3.05) is 13.2 Å². The minimum Gasteiger partial charge on any atom is -0.396 e. The summed E-state index contributed by atoms with van der Waals surface area (Å²) in [5, 5.41) is 8.79. The summed E-state index contributed by atoms with van der Waals surface area (Å²) in [7, 11) is 0. The second kappa shape index (κ2) is 6.35. The van der Waals surface area contributed by atoms with Crippen molar-refractivity contribution in [1.29, 1.82) is 0 Å². The topological polar surface area (TPSA) is 46.2 Å². The van der Waals surface area contributed by atoms with Gasteiger partial charge in [0, 0.05) is 6.61 Å². The number of hydrogen-bond acceptors (Lipinski definition) is 2. The van der Waals surface area contributed by atoms with Crippen LogP contribution in [0.25, 0.3) is 6.08 Å². The first-order chi connectivity index (χ1) is 6.86. The third kappa shape index (κ3) is 3.73. The molecule has 2 nitrogen and oxygen atoms in total. The molecule has 2 heteroatoms. The lowest BCUT2D eigenvalue weighted by Gasteiger charge is -1.99. The zero-order chi connectivity index (χ0) is 10.2. The number of nitrogens with two attached hydrogens (primary N) is 1. The summed E-state index contributed by atoms with van der Waals surface area (Å²) < 4.78 is 0. The molecule has 14 heavy (non-hydrogen) atoms. The highest BCUT2D eigenvalue weighted by Gasteiger charge is 1.92. The number of aliphatic hydroxyl groups excluding tert-OH is 1. The molecule has 3 N–H and O–H groups in total. The predicted octanol–water partition coefficient (Wildman–Crippen LogP) is 1.58. The molecular weight excluding hydrogens is 174 g/mol. The molecular formula is C12H17NO. The van der Waals surface area contributed by atoms with Gasteiger partial charge in [-0.1, -0.05) is 36.4 Å². The van der Waals surface area contributed by atoms with Crippen molar-refractivity contribution in [2.45, 2.75) is 12.8 Å². The van der Waals surface area contributed by atoms with Crippen LogP contribution in [0.5, 0.6) is 0 Å². The Hall–Kier alpha value is -1.12. The fourth-order valence-corrected chi connectivity index (χ4v) is 1.30. The summed E-state index contributed by atoms with van der Waals surface area (Å²) in [4.78, 5) is 0. The van der Waals surface area contributed by atoms with Crippen LogP contribution in [-0.4, -0.2) is 18.3 Å². The van der Waals surface area contributed by atoms with E-state index in [4.69, 9.17) is 10.8 Å². The fraction of sp³-hybridized carbons (Fsp3) is 0.333. The maximum atomic E-state index is 8.79. The van der Waals surface area contributed by atoms with E-state index in [-0.39, 0.29) is 6.61 Å². The molecule has 0 saturated heterocycles.